The maximum Gasteiger partial charge on any atom is 0.247 e. The van der Waals surface area contributed by atoms with Crippen LogP contribution in [-0.2, 0) is 16.1 Å². The smallest absolute Gasteiger partial charge is 0.247 e. The topological polar surface area (TPSA) is 47.4 Å². The van der Waals surface area contributed by atoms with Crippen molar-refractivity contribution in [2.75, 3.05) is 19.8 Å². The van der Waals surface area contributed by atoms with Gasteiger partial charge in [0.25, 0.3) is 0 Å². The molecule has 0 fully saturated rings. The molecule has 0 unspecified atom stereocenters. The molecule has 5 nitrogen and oxygen atoms in total. The predicted octanol–water partition coefficient (Wildman–Crippen LogP) is 2.58. The van der Waals surface area contributed by atoms with Crippen molar-refractivity contribution < 1.29 is 9.53 Å². The van der Waals surface area contributed by atoms with E-state index < -0.39 is 0 Å². The Balaban J connectivity index is 1.71. The molecule has 6 heteroatoms. The first-order chi connectivity index (χ1) is 10.8. The number of hydrogen-bond acceptors (Lipinski definition) is 4. The van der Waals surface area contributed by atoms with Crippen LogP contribution in [0.25, 0.3) is 6.08 Å². The summed E-state index contributed by atoms with van der Waals surface area (Å²) >= 11 is 1.62. The number of rotatable bonds is 5. The van der Waals surface area contributed by atoms with E-state index in [1.165, 1.54) is 0 Å². The number of ether oxygens (including phenoxy) is 1. The molecule has 1 aliphatic rings. The summed E-state index contributed by atoms with van der Waals surface area (Å²) in [7, 11) is 0. The van der Waals surface area contributed by atoms with Gasteiger partial charge in [-0.05, 0) is 24.4 Å². The van der Waals surface area contributed by atoms with E-state index in [0.29, 0.717) is 26.3 Å². The molecular formula is C16H19N3O2S. The first-order valence-electron chi connectivity index (χ1n) is 7.37. The van der Waals surface area contributed by atoms with E-state index in [1.54, 1.807) is 17.4 Å². The highest BCUT2D eigenvalue weighted by Gasteiger charge is 2.26. The van der Waals surface area contributed by atoms with Gasteiger partial charge in [-0.2, -0.15) is 0 Å². The number of aromatic nitrogens is 2. The SMILES string of the molecule is CCOC[C@@H]1CN(C(=O)/C=C/c2cccs2)Cc2cncn21. The maximum atomic E-state index is 12.4. The van der Waals surface area contributed by atoms with Gasteiger partial charge in [0.2, 0.25) is 5.91 Å². The monoisotopic (exact) mass is 317 g/mol. The van der Waals surface area contributed by atoms with Crippen LogP contribution < -0.4 is 0 Å². The largest absolute Gasteiger partial charge is 0.380 e. The van der Waals surface area contributed by atoms with E-state index >= 15 is 0 Å². The minimum absolute atomic E-state index is 0.0300. The van der Waals surface area contributed by atoms with Gasteiger partial charge in [0.1, 0.15) is 0 Å². The van der Waals surface area contributed by atoms with Crippen molar-refractivity contribution in [2.45, 2.75) is 19.5 Å². The molecule has 0 aromatic carbocycles. The number of imidazole rings is 1. The fraction of sp³-hybridized carbons (Fsp3) is 0.375. The third kappa shape index (κ3) is 3.28. The standard InChI is InChI=1S/C16H19N3O2S/c1-2-21-11-14-10-18(9-13-8-17-12-19(13)14)16(20)6-5-15-4-3-7-22-15/h3-8,12,14H,2,9-11H2,1H3/b6-5+/t14-/m0/s1. The first kappa shape index (κ1) is 15.0. The molecule has 116 valence electrons. The molecule has 1 aliphatic heterocycles. The summed E-state index contributed by atoms with van der Waals surface area (Å²) in [5.41, 5.74) is 1.05. The van der Waals surface area contributed by atoms with Crippen LogP contribution >= 0.6 is 11.3 Å². The Hall–Kier alpha value is -1.92. The van der Waals surface area contributed by atoms with E-state index in [-0.39, 0.29) is 11.9 Å². The van der Waals surface area contributed by atoms with Gasteiger partial charge in [0.15, 0.2) is 0 Å². The van der Waals surface area contributed by atoms with Gasteiger partial charge < -0.3 is 14.2 Å². The predicted molar refractivity (Wildman–Crippen MR) is 86.5 cm³/mol. The molecule has 0 radical (unpaired) electrons. The lowest BCUT2D eigenvalue weighted by Crippen LogP contribution is -2.41. The Morgan fingerprint density at radius 1 is 1.59 bits per heavy atom. The summed E-state index contributed by atoms with van der Waals surface area (Å²) in [5.74, 6) is 0.0300. The van der Waals surface area contributed by atoms with Crippen molar-refractivity contribution in [3.63, 3.8) is 0 Å². The highest BCUT2D eigenvalue weighted by molar-refractivity contribution is 7.10. The minimum atomic E-state index is 0.0300. The number of nitrogens with zero attached hydrogens (tertiary/aromatic N) is 3. The molecule has 0 spiro atoms. The van der Waals surface area contributed by atoms with Crippen molar-refractivity contribution in [3.8, 4) is 0 Å². The van der Waals surface area contributed by atoms with E-state index in [1.807, 2.05) is 47.9 Å². The van der Waals surface area contributed by atoms with Gasteiger partial charge in [-0.1, -0.05) is 6.07 Å². The molecule has 2 aromatic rings. The number of thiophene rings is 1. The van der Waals surface area contributed by atoms with Crippen LogP contribution in [0.2, 0.25) is 0 Å². The molecule has 1 amide bonds. The minimum Gasteiger partial charge on any atom is -0.380 e. The lowest BCUT2D eigenvalue weighted by atomic mass is 10.2. The average molecular weight is 317 g/mol. The zero-order chi connectivity index (χ0) is 15.4. The fourth-order valence-electron chi connectivity index (χ4n) is 2.59. The van der Waals surface area contributed by atoms with E-state index in [2.05, 4.69) is 9.55 Å². The lowest BCUT2D eigenvalue weighted by molar-refractivity contribution is -0.128. The van der Waals surface area contributed by atoms with Crippen molar-refractivity contribution in [3.05, 3.63) is 46.7 Å². The Morgan fingerprint density at radius 3 is 3.27 bits per heavy atom. The molecule has 0 aliphatic carbocycles. The summed E-state index contributed by atoms with van der Waals surface area (Å²) < 4.78 is 7.66. The van der Waals surface area contributed by atoms with Crippen molar-refractivity contribution >= 4 is 23.3 Å². The second-order valence-corrected chi connectivity index (χ2v) is 6.15. The Labute approximate surface area is 133 Å². The van der Waals surface area contributed by atoms with Crippen LogP contribution in [-0.4, -0.2) is 40.1 Å². The van der Waals surface area contributed by atoms with Gasteiger partial charge in [0, 0.05) is 30.3 Å². The molecule has 3 heterocycles. The lowest BCUT2D eigenvalue weighted by Gasteiger charge is -2.33. The van der Waals surface area contributed by atoms with Gasteiger partial charge in [-0.3, -0.25) is 4.79 Å². The third-order valence-electron chi connectivity index (χ3n) is 3.68. The van der Waals surface area contributed by atoms with Crippen molar-refractivity contribution in [1.82, 2.24) is 14.5 Å². The number of carbonyl (C=O) groups is 1. The summed E-state index contributed by atoms with van der Waals surface area (Å²) in [5, 5.41) is 2.00. The number of carbonyl (C=O) groups excluding carboxylic acids is 1. The van der Waals surface area contributed by atoms with E-state index in [9.17, 15) is 4.79 Å². The quantitative estimate of drug-likeness (QED) is 0.796. The van der Waals surface area contributed by atoms with Gasteiger partial charge in [-0.25, -0.2) is 4.98 Å². The fourth-order valence-corrected chi connectivity index (χ4v) is 3.20. The Morgan fingerprint density at radius 2 is 2.50 bits per heavy atom. The number of hydrogen-bond donors (Lipinski definition) is 0. The third-order valence-corrected chi connectivity index (χ3v) is 4.52. The van der Waals surface area contributed by atoms with Crippen LogP contribution in [0.15, 0.2) is 36.1 Å². The van der Waals surface area contributed by atoms with Gasteiger partial charge in [-0.15, -0.1) is 11.3 Å². The molecular weight excluding hydrogens is 298 g/mol. The van der Waals surface area contributed by atoms with Crippen LogP contribution in [0.4, 0.5) is 0 Å². The number of fused-ring (bicyclic) bond motifs is 1. The van der Waals surface area contributed by atoms with Gasteiger partial charge in [0.05, 0.1) is 31.2 Å². The highest BCUT2D eigenvalue weighted by atomic mass is 32.1. The molecule has 1 atom stereocenters. The van der Waals surface area contributed by atoms with E-state index in [4.69, 9.17) is 4.74 Å². The summed E-state index contributed by atoms with van der Waals surface area (Å²) in [6.45, 7) is 4.49. The zero-order valence-electron chi connectivity index (χ0n) is 12.5. The Bertz CT molecular complexity index is 648. The zero-order valence-corrected chi connectivity index (χ0v) is 13.3. The molecule has 2 aromatic heterocycles. The summed E-state index contributed by atoms with van der Waals surface area (Å²) in [6.07, 6.45) is 7.16. The summed E-state index contributed by atoms with van der Waals surface area (Å²) in [6, 6.07) is 4.11. The van der Waals surface area contributed by atoms with Crippen LogP contribution in [0.1, 0.15) is 23.5 Å². The van der Waals surface area contributed by atoms with Crippen molar-refractivity contribution in [1.29, 1.82) is 0 Å². The molecule has 0 saturated heterocycles. The highest BCUT2D eigenvalue weighted by Crippen LogP contribution is 2.22. The molecule has 3 rings (SSSR count). The molecule has 0 saturated carbocycles. The van der Waals surface area contributed by atoms with Gasteiger partial charge >= 0.3 is 0 Å². The van der Waals surface area contributed by atoms with E-state index in [0.717, 1.165) is 10.6 Å². The molecule has 0 bridgehead atoms. The van der Waals surface area contributed by atoms with Crippen LogP contribution in [0, 0.1) is 0 Å². The first-order valence-corrected chi connectivity index (χ1v) is 8.25. The van der Waals surface area contributed by atoms with Crippen molar-refractivity contribution in [2.24, 2.45) is 0 Å². The number of amides is 1. The maximum absolute atomic E-state index is 12.4. The van der Waals surface area contributed by atoms with Crippen LogP contribution in [0.5, 0.6) is 0 Å². The normalized spacial score (nSPS) is 17.9. The summed E-state index contributed by atoms with van der Waals surface area (Å²) in [4.78, 5) is 19.5. The second-order valence-electron chi connectivity index (χ2n) is 5.17. The molecule has 0 N–H and O–H groups in total. The second kappa shape index (κ2) is 6.89. The van der Waals surface area contributed by atoms with Crippen LogP contribution in [0.3, 0.4) is 0 Å². The average Bonchev–Trinajstić information content (AvgIpc) is 3.20. The Kier molecular flexibility index (Phi) is 4.70. The molecule has 22 heavy (non-hydrogen) atoms.